The fourth-order valence-electron chi connectivity index (χ4n) is 2.39. The minimum atomic E-state index is -0.200. The predicted molar refractivity (Wildman–Crippen MR) is 81.1 cm³/mol. The fraction of sp³-hybridized carbons (Fsp3) is 0.467. The highest BCUT2D eigenvalue weighted by molar-refractivity contribution is 5.95. The van der Waals surface area contributed by atoms with E-state index in [9.17, 15) is 9.59 Å². The molecule has 0 aliphatic carbocycles. The van der Waals surface area contributed by atoms with Crippen molar-refractivity contribution in [2.45, 2.75) is 19.9 Å². The summed E-state index contributed by atoms with van der Waals surface area (Å²) in [6.07, 6.45) is 0. The minimum absolute atomic E-state index is 0.0496. The third-order valence-electron chi connectivity index (χ3n) is 3.33. The van der Waals surface area contributed by atoms with Gasteiger partial charge in [0.15, 0.2) is 0 Å². The van der Waals surface area contributed by atoms with Crippen molar-refractivity contribution in [2.24, 2.45) is 5.92 Å². The van der Waals surface area contributed by atoms with Gasteiger partial charge < -0.3 is 20.7 Å². The van der Waals surface area contributed by atoms with Gasteiger partial charge in [0.05, 0.1) is 19.1 Å². The molecule has 0 radical (unpaired) electrons. The molecule has 1 aromatic rings. The van der Waals surface area contributed by atoms with Gasteiger partial charge in [-0.2, -0.15) is 0 Å². The van der Waals surface area contributed by atoms with Crippen LogP contribution in [0.5, 0.6) is 0 Å². The number of hydrogen-bond acceptors (Lipinski definition) is 4. The van der Waals surface area contributed by atoms with E-state index in [4.69, 9.17) is 4.74 Å². The van der Waals surface area contributed by atoms with Gasteiger partial charge in [0.1, 0.15) is 0 Å². The average Bonchev–Trinajstić information content (AvgIpc) is 2.87. The normalized spacial score (nSPS) is 21.0. The Morgan fingerprint density at radius 3 is 2.62 bits per heavy atom. The van der Waals surface area contributed by atoms with Crippen LogP contribution in [0.15, 0.2) is 24.3 Å². The second kappa shape index (κ2) is 7.19. The third-order valence-corrected chi connectivity index (χ3v) is 3.33. The molecule has 0 saturated carbocycles. The number of carbonyl (C=O) groups is 2. The van der Waals surface area contributed by atoms with Crippen LogP contribution in [0.25, 0.3) is 0 Å². The Balaban J connectivity index is 2.00. The Hall–Kier alpha value is -1.92. The van der Waals surface area contributed by atoms with E-state index in [0.717, 1.165) is 6.54 Å². The summed E-state index contributed by atoms with van der Waals surface area (Å²) in [5.74, 6) is -0.414. The highest BCUT2D eigenvalue weighted by Crippen LogP contribution is 2.19. The molecule has 0 aromatic heterocycles. The zero-order valence-corrected chi connectivity index (χ0v) is 12.3. The van der Waals surface area contributed by atoms with Crippen LogP contribution in [0.2, 0.25) is 0 Å². The first-order valence-electron chi connectivity index (χ1n) is 7.09. The lowest BCUT2D eigenvalue weighted by Gasteiger charge is -2.18. The smallest absolute Gasteiger partial charge is 0.231 e. The topological polar surface area (TPSA) is 79.5 Å². The van der Waals surface area contributed by atoms with Crippen LogP contribution in [0.4, 0.5) is 11.4 Å². The molecule has 2 unspecified atom stereocenters. The summed E-state index contributed by atoms with van der Waals surface area (Å²) in [5, 5.41) is 8.82. The molecule has 0 bridgehead atoms. The molecule has 2 amide bonds. The van der Waals surface area contributed by atoms with Crippen molar-refractivity contribution < 1.29 is 14.3 Å². The number of hydrogen-bond donors (Lipinski definition) is 3. The van der Waals surface area contributed by atoms with Crippen LogP contribution >= 0.6 is 0 Å². The fourth-order valence-corrected chi connectivity index (χ4v) is 2.39. The number of rotatable bonds is 5. The molecule has 1 aromatic carbocycles. The number of carbonyl (C=O) groups excluding carboxylic acids is 2. The monoisotopic (exact) mass is 291 g/mol. The summed E-state index contributed by atoms with van der Waals surface area (Å²) >= 11 is 0. The van der Waals surface area contributed by atoms with E-state index in [1.54, 1.807) is 24.3 Å². The molecular formula is C15H21N3O3. The highest BCUT2D eigenvalue weighted by atomic mass is 16.5. The number of nitrogens with one attached hydrogen (secondary N) is 3. The van der Waals surface area contributed by atoms with Crippen LogP contribution in [0.1, 0.15) is 13.8 Å². The molecule has 1 aliphatic rings. The number of benzene rings is 1. The molecule has 1 saturated heterocycles. The van der Waals surface area contributed by atoms with Crippen LogP contribution in [0.3, 0.4) is 0 Å². The summed E-state index contributed by atoms with van der Waals surface area (Å²) in [6.45, 7) is 5.23. The second-order valence-electron chi connectivity index (χ2n) is 5.06. The Bertz CT molecular complexity index is 519. The van der Waals surface area contributed by atoms with Crippen molar-refractivity contribution in [3.05, 3.63) is 24.3 Å². The zero-order valence-electron chi connectivity index (χ0n) is 12.3. The van der Waals surface area contributed by atoms with Crippen molar-refractivity contribution in [1.29, 1.82) is 0 Å². The maximum atomic E-state index is 12.3. The SMILES string of the molecule is CCNC1COCC1C(=O)Nc1cccc(NC(C)=O)c1. The highest BCUT2D eigenvalue weighted by Gasteiger charge is 2.33. The Morgan fingerprint density at radius 2 is 1.95 bits per heavy atom. The first kappa shape index (κ1) is 15.5. The summed E-state index contributed by atoms with van der Waals surface area (Å²) in [7, 11) is 0. The van der Waals surface area contributed by atoms with E-state index in [-0.39, 0.29) is 23.8 Å². The molecule has 114 valence electrons. The lowest BCUT2D eigenvalue weighted by molar-refractivity contribution is -0.120. The summed E-state index contributed by atoms with van der Waals surface area (Å²) in [6, 6.07) is 7.14. The molecule has 1 heterocycles. The molecule has 2 rings (SSSR count). The number of ether oxygens (including phenoxy) is 1. The molecule has 2 atom stereocenters. The molecule has 1 fully saturated rings. The van der Waals surface area contributed by atoms with Gasteiger partial charge in [-0.1, -0.05) is 13.0 Å². The molecular weight excluding hydrogens is 270 g/mol. The van der Waals surface area contributed by atoms with E-state index < -0.39 is 0 Å². The van der Waals surface area contributed by atoms with Crippen molar-refractivity contribution >= 4 is 23.2 Å². The van der Waals surface area contributed by atoms with E-state index in [2.05, 4.69) is 16.0 Å². The summed E-state index contributed by atoms with van der Waals surface area (Å²) in [5.41, 5.74) is 1.32. The molecule has 3 N–H and O–H groups in total. The zero-order chi connectivity index (χ0) is 15.2. The number of amides is 2. The van der Waals surface area contributed by atoms with Crippen LogP contribution in [-0.4, -0.2) is 37.6 Å². The van der Waals surface area contributed by atoms with E-state index in [1.807, 2.05) is 6.92 Å². The molecule has 1 aliphatic heterocycles. The number of anilines is 2. The lowest BCUT2D eigenvalue weighted by atomic mass is 10.0. The predicted octanol–water partition coefficient (Wildman–Crippen LogP) is 1.21. The van der Waals surface area contributed by atoms with Gasteiger partial charge >= 0.3 is 0 Å². The molecule has 6 heteroatoms. The molecule has 21 heavy (non-hydrogen) atoms. The minimum Gasteiger partial charge on any atom is -0.379 e. The van der Waals surface area contributed by atoms with Crippen LogP contribution in [0, 0.1) is 5.92 Å². The van der Waals surface area contributed by atoms with E-state index in [1.165, 1.54) is 6.92 Å². The van der Waals surface area contributed by atoms with E-state index in [0.29, 0.717) is 24.6 Å². The quantitative estimate of drug-likeness (QED) is 0.762. The van der Waals surface area contributed by atoms with Crippen molar-refractivity contribution in [1.82, 2.24) is 5.32 Å². The van der Waals surface area contributed by atoms with Gasteiger partial charge in [-0.3, -0.25) is 9.59 Å². The van der Waals surface area contributed by atoms with Crippen molar-refractivity contribution in [3.8, 4) is 0 Å². The van der Waals surface area contributed by atoms with Crippen LogP contribution < -0.4 is 16.0 Å². The van der Waals surface area contributed by atoms with Gasteiger partial charge in [0, 0.05) is 24.3 Å². The Morgan fingerprint density at radius 1 is 1.24 bits per heavy atom. The average molecular weight is 291 g/mol. The van der Waals surface area contributed by atoms with Crippen molar-refractivity contribution in [2.75, 3.05) is 30.4 Å². The third kappa shape index (κ3) is 4.27. The Kier molecular flexibility index (Phi) is 5.30. The van der Waals surface area contributed by atoms with Crippen LogP contribution in [-0.2, 0) is 14.3 Å². The van der Waals surface area contributed by atoms with E-state index >= 15 is 0 Å². The second-order valence-corrected chi connectivity index (χ2v) is 5.06. The van der Waals surface area contributed by atoms with Gasteiger partial charge in [-0.05, 0) is 24.7 Å². The van der Waals surface area contributed by atoms with Crippen molar-refractivity contribution in [3.63, 3.8) is 0 Å². The van der Waals surface area contributed by atoms with Gasteiger partial charge in [0.25, 0.3) is 0 Å². The summed E-state index contributed by atoms with van der Waals surface area (Å²) in [4.78, 5) is 23.4. The number of likely N-dealkylation sites (N-methyl/N-ethyl adjacent to an activating group) is 1. The Labute approximate surface area is 124 Å². The first-order chi connectivity index (χ1) is 10.1. The molecule has 6 nitrogen and oxygen atoms in total. The summed E-state index contributed by atoms with van der Waals surface area (Å²) < 4.78 is 5.38. The standard InChI is InChI=1S/C15H21N3O3/c1-3-16-14-9-21-8-13(14)15(20)18-12-6-4-5-11(7-12)17-10(2)19/h4-7,13-14,16H,3,8-9H2,1-2H3,(H,17,19)(H,18,20). The molecule has 0 spiro atoms. The first-order valence-corrected chi connectivity index (χ1v) is 7.09. The van der Waals surface area contributed by atoms with Gasteiger partial charge in [-0.25, -0.2) is 0 Å². The lowest BCUT2D eigenvalue weighted by Crippen LogP contribution is -2.41. The maximum absolute atomic E-state index is 12.3. The maximum Gasteiger partial charge on any atom is 0.231 e. The van der Waals surface area contributed by atoms with Gasteiger partial charge in [0.2, 0.25) is 11.8 Å². The van der Waals surface area contributed by atoms with Gasteiger partial charge in [-0.15, -0.1) is 0 Å². The largest absolute Gasteiger partial charge is 0.379 e.